The molecular formula is C24H26N4O2. The number of pyridine rings is 1. The van der Waals surface area contributed by atoms with E-state index in [1.165, 1.54) is 12.8 Å². The fraction of sp³-hybridized carbons (Fsp3) is 0.417. The van der Waals surface area contributed by atoms with Crippen LogP contribution in [0.1, 0.15) is 67.6 Å². The van der Waals surface area contributed by atoms with E-state index in [9.17, 15) is 9.59 Å². The van der Waals surface area contributed by atoms with Gasteiger partial charge in [-0.15, -0.1) is 0 Å². The molecule has 1 amide bonds. The summed E-state index contributed by atoms with van der Waals surface area (Å²) >= 11 is 0. The molecule has 0 radical (unpaired) electrons. The first-order valence-corrected chi connectivity index (χ1v) is 10.5. The third-order valence-corrected chi connectivity index (χ3v) is 5.78. The minimum absolute atomic E-state index is 0.141. The van der Waals surface area contributed by atoms with Gasteiger partial charge in [0.1, 0.15) is 5.78 Å². The second-order valence-corrected chi connectivity index (χ2v) is 8.05. The zero-order valence-electron chi connectivity index (χ0n) is 17.4. The lowest BCUT2D eigenvalue weighted by molar-refractivity contribution is -0.124. The van der Waals surface area contributed by atoms with Crippen molar-refractivity contribution < 1.29 is 9.59 Å². The van der Waals surface area contributed by atoms with Crippen LogP contribution in [0.2, 0.25) is 0 Å². The summed E-state index contributed by atoms with van der Waals surface area (Å²) in [6.45, 7) is 4.77. The van der Waals surface area contributed by atoms with Crippen LogP contribution in [0.25, 0.3) is 5.57 Å². The number of carbonyl (C=O) groups is 2. The number of Topliss-reactive ketones (excluding diaryl/α,β-unsaturated/α-hetero) is 1. The van der Waals surface area contributed by atoms with E-state index in [1.54, 1.807) is 18.0 Å². The Morgan fingerprint density at radius 2 is 2.17 bits per heavy atom. The molecule has 0 saturated heterocycles. The van der Waals surface area contributed by atoms with Gasteiger partial charge >= 0.3 is 0 Å². The fourth-order valence-corrected chi connectivity index (χ4v) is 3.73. The van der Waals surface area contributed by atoms with Crippen LogP contribution in [0, 0.1) is 11.8 Å². The normalized spacial score (nSPS) is 17.0. The van der Waals surface area contributed by atoms with Crippen LogP contribution >= 0.6 is 0 Å². The van der Waals surface area contributed by atoms with Crippen molar-refractivity contribution in [2.45, 2.75) is 51.4 Å². The Kier molecular flexibility index (Phi) is 5.80. The second-order valence-electron chi connectivity index (χ2n) is 8.05. The molecule has 2 aromatic rings. The average molecular weight is 402 g/mol. The van der Waals surface area contributed by atoms with E-state index in [2.05, 4.69) is 33.1 Å². The maximum atomic E-state index is 12.7. The lowest BCUT2D eigenvalue weighted by Gasteiger charge is -2.25. The number of hydrogen-bond donors (Lipinski definition) is 1. The molecule has 0 spiro atoms. The number of hydrogen-bond acceptors (Lipinski definition) is 4. The van der Waals surface area contributed by atoms with Gasteiger partial charge in [0, 0.05) is 43.2 Å². The highest BCUT2D eigenvalue weighted by molar-refractivity contribution is 5.94. The Balaban J connectivity index is 1.39. The molecule has 1 N–H and O–H groups in total. The first kappa shape index (κ1) is 20.1. The van der Waals surface area contributed by atoms with Crippen LogP contribution in [0.5, 0.6) is 0 Å². The molecule has 30 heavy (non-hydrogen) atoms. The molecular weight excluding hydrogens is 376 g/mol. The summed E-state index contributed by atoms with van der Waals surface area (Å²) in [5, 5.41) is 7.33. The van der Waals surface area contributed by atoms with E-state index in [1.807, 2.05) is 25.1 Å². The van der Waals surface area contributed by atoms with Crippen molar-refractivity contribution >= 4 is 17.3 Å². The van der Waals surface area contributed by atoms with Crippen molar-refractivity contribution in [3.8, 4) is 11.8 Å². The molecule has 1 saturated carbocycles. The van der Waals surface area contributed by atoms with Crippen molar-refractivity contribution in [2.75, 3.05) is 13.1 Å². The number of aromatic nitrogens is 3. The Hall–Kier alpha value is -3.20. The Morgan fingerprint density at radius 1 is 1.33 bits per heavy atom. The van der Waals surface area contributed by atoms with Gasteiger partial charge in [-0.2, -0.15) is 5.10 Å². The third kappa shape index (κ3) is 4.51. The minimum atomic E-state index is -0.238. The minimum Gasteiger partial charge on any atom is -0.327 e. The van der Waals surface area contributed by atoms with E-state index < -0.39 is 0 Å². The number of aromatic amines is 1. The SMILES string of the molecule is CC#CC(=O)N1CCC=C(c2ccc(C(C)C(=O)Cc3cc(C4CC4)n[nH]3)cn2)C1. The predicted octanol–water partition coefficient (Wildman–Crippen LogP) is 3.24. The summed E-state index contributed by atoms with van der Waals surface area (Å²) in [5.41, 5.74) is 4.71. The molecule has 1 atom stereocenters. The maximum Gasteiger partial charge on any atom is 0.298 e. The molecule has 1 aliphatic carbocycles. The highest BCUT2D eigenvalue weighted by atomic mass is 16.2. The van der Waals surface area contributed by atoms with Crippen LogP contribution in [-0.4, -0.2) is 44.9 Å². The number of nitrogens with one attached hydrogen (secondary N) is 1. The lowest BCUT2D eigenvalue weighted by Crippen LogP contribution is -2.34. The predicted molar refractivity (Wildman–Crippen MR) is 115 cm³/mol. The van der Waals surface area contributed by atoms with Crippen LogP contribution in [-0.2, 0) is 16.0 Å². The fourth-order valence-electron chi connectivity index (χ4n) is 3.73. The van der Waals surface area contributed by atoms with Gasteiger partial charge in [-0.05, 0) is 55.4 Å². The van der Waals surface area contributed by atoms with Crippen LogP contribution in [0.15, 0.2) is 30.5 Å². The van der Waals surface area contributed by atoms with Crippen molar-refractivity contribution in [3.05, 3.63) is 53.1 Å². The van der Waals surface area contributed by atoms with Crippen LogP contribution in [0.4, 0.5) is 0 Å². The molecule has 154 valence electrons. The quantitative estimate of drug-likeness (QED) is 0.753. The number of ketones is 1. The van der Waals surface area contributed by atoms with E-state index in [0.717, 1.165) is 34.6 Å². The van der Waals surface area contributed by atoms with Crippen molar-refractivity contribution in [1.82, 2.24) is 20.1 Å². The number of H-pyrrole nitrogens is 1. The van der Waals surface area contributed by atoms with Crippen molar-refractivity contribution in [3.63, 3.8) is 0 Å². The number of amides is 1. The first-order valence-electron chi connectivity index (χ1n) is 10.5. The van der Waals surface area contributed by atoms with Gasteiger partial charge in [-0.25, -0.2) is 0 Å². The Labute approximate surface area is 176 Å². The van der Waals surface area contributed by atoms with E-state index in [4.69, 9.17) is 0 Å². The van der Waals surface area contributed by atoms with E-state index in [0.29, 0.717) is 25.4 Å². The topological polar surface area (TPSA) is 79.0 Å². The second kappa shape index (κ2) is 8.66. The summed E-state index contributed by atoms with van der Waals surface area (Å²) in [6.07, 6.45) is 7.42. The van der Waals surface area contributed by atoms with Gasteiger partial charge in [0.05, 0.1) is 11.4 Å². The summed E-state index contributed by atoms with van der Waals surface area (Å²) < 4.78 is 0. The largest absolute Gasteiger partial charge is 0.327 e. The van der Waals surface area contributed by atoms with Crippen LogP contribution < -0.4 is 0 Å². The molecule has 3 heterocycles. The summed E-state index contributed by atoms with van der Waals surface area (Å²) in [4.78, 5) is 31.1. The van der Waals surface area contributed by atoms with Crippen molar-refractivity contribution in [1.29, 1.82) is 0 Å². The Morgan fingerprint density at radius 3 is 2.87 bits per heavy atom. The third-order valence-electron chi connectivity index (χ3n) is 5.78. The molecule has 0 aromatic carbocycles. The summed E-state index contributed by atoms with van der Waals surface area (Å²) in [7, 11) is 0. The number of nitrogens with zero attached hydrogens (tertiary/aromatic N) is 3. The van der Waals surface area contributed by atoms with Gasteiger partial charge in [0.15, 0.2) is 0 Å². The first-order chi connectivity index (χ1) is 14.5. The van der Waals surface area contributed by atoms with Gasteiger partial charge < -0.3 is 4.90 Å². The summed E-state index contributed by atoms with van der Waals surface area (Å²) in [6, 6.07) is 5.92. The van der Waals surface area contributed by atoms with Crippen molar-refractivity contribution in [2.24, 2.45) is 0 Å². The summed E-state index contributed by atoms with van der Waals surface area (Å²) in [5.74, 6) is 5.59. The maximum absolute atomic E-state index is 12.7. The van der Waals surface area contributed by atoms with Gasteiger partial charge in [-0.1, -0.05) is 25.0 Å². The molecule has 4 rings (SSSR count). The molecule has 6 nitrogen and oxygen atoms in total. The monoisotopic (exact) mass is 402 g/mol. The van der Waals surface area contributed by atoms with E-state index >= 15 is 0 Å². The molecule has 1 aliphatic heterocycles. The Bertz CT molecular complexity index is 1040. The lowest BCUT2D eigenvalue weighted by atomic mass is 9.94. The smallest absolute Gasteiger partial charge is 0.298 e. The molecule has 6 heteroatoms. The van der Waals surface area contributed by atoms with Gasteiger partial charge in [0.25, 0.3) is 5.91 Å². The number of rotatable bonds is 6. The molecule has 1 fully saturated rings. The van der Waals surface area contributed by atoms with Gasteiger partial charge in [-0.3, -0.25) is 19.7 Å². The molecule has 2 aromatic heterocycles. The highest BCUT2D eigenvalue weighted by Crippen LogP contribution is 2.39. The highest BCUT2D eigenvalue weighted by Gasteiger charge is 2.27. The zero-order chi connectivity index (χ0) is 21.1. The average Bonchev–Trinajstić information content (AvgIpc) is 3.52. The molecule has 1 unspecified atom stereocenters. The molecule has 0 bridgehead atoms. The standard InChI is InChI=1S/C24H26N4O2/c1-3-5-24(30)28-11-4-6-19(15-28)21-10-9-18(14-25-21)16(2)23(29)13-20-12-22(27-26-20)17-7-8-17/h6,9-10,12,14,16-17H,4,7-8,11,13,15H2,1-2H3,(H,26,27). The molecule has 2 aliphatic rings. The number of carbonyl (C=O) groups excluding carboxylic acids is 2. The van der Waals surface area contributed by atoms with E-state index in [-0.39, 0.29) is 17.6 Å². The zero-order valence-corrected chi connectivity index (χ0v) is 17.4. The van der Waals surface area contributed by atoms with Gasteiger partial charge in [0.2, 0.25) is 0 Å². The van der Waals surface area contributed by atoms with Crippen LogP contribution in [0.3, 0.4) is 0 Å².